The van der Waals surface area contributed by atoms with Crippen molar-refractivity contribution >= 4 is 17.3 Å². The molecule has 1 aliphatic heterocycles. The van der Waals surface area contributed by atoms with Crippen molar-refractivity contribution in [2.24, 2.45) is 5.73 Å². The first-order valence-electron chi connectivity index (χ1n) is 8.15. The van der Waals surface area contributed by atoms with E-state index in [1.165, 1.54) is 0 Å². The Hall–Kier alpha value is -2.33. The minimum atomic E-state index is -0.264. The van der Waals surface area contributed by atoms with Gasteiger partial charge < -0.3 is 15.5 Å². The van der Waals surface area contributed by atoms with Crippen molar-refractivity contribution in [2.45, 2.75) is 19.4 Å². The highest BCUT2D eigenvalue weighted by Gasteiger charge is 2.26. The molecule has 120 valence electrons. The summed E-state index contributed by atoms with van der Waals surface area (Å²) >= 11 is 0. The summed E-state index contributed by atoms with van der Waals surface area (Å²) in [6, 6.07) is 17.6. The van der Waals surface area contributed by atoms with Gasteiger partial charge in [0.2, 0.25) is 5.91 Å². The zero-order valence-electron chi connectivity index (χ0n) is 13.5. The normalized spacial score (nSPS) is 15.2. The van der Waals surface area contributed by atoms with Crippen molar-refractivity contribution in [3.05, 3.63) is 60.2 Å². The molecule has 4 heteroatoms. The summed E-state index contributed by atoms with van der Waals surface area (Å²) in [7, 11) is 0. The second kappa shape index (κ2) is 6.84. The maximum atomic E-state index is 12.8. The number of amides is 1. The molecule has 1 atom stereocenters. The molecule has 4 nitrogen and oxygen atoms in total. The van der Waals surface area contributed by atoms with E-state index >= 15 is 0 Å². The third-order valence-electron chi connectivity index (χ3n) is 4.41. The number of nitrogens with two attached hydrogens (primary N) is 1. The van der Waals surface area contributed by atoms with Gasteiger partial charge in [0.25, 0.3) is 0 Å². The molecule has 0 saturated carbocycles. The Kier molecular flexibility index (Phi) is 4.63. The van der Waals surface area contributed by atoms with E-state index in [-0.39, 0.29) is 11.9 Å². The number of hydrogen-bond acceptors (Lipinski definition) is 3. The molecule has 0 saturated heterocycles. The van der Waals surface area contributed by atoms with E-state index < -0.39 is 0 Å². The fourth-order valence-corrected chi connectivity index (χ4v) is 3.13. The van der Waals surface area contributed by atoms with Crippen LogP contribution < -0.4 is 15.5 Å². The van der Waals surface area contributed by atoms with Crippen LogP contribution in [0.2, 0.25) is 0 Å². The zero-order chi connectivity index (χ0) is 16.2. The highest BCUT2D eigenvalue weighted by Crippen LogP contribution is 2.33. The number of fused-ring (bicyclic) bond motifs is 1. The maximum absolute atomic E-state index is 12.8. The molecule has 0 bridgehead atoms. The molecular formula is C19H23N3O. The van der Waals surface area contributed by atoms with Crippen LogP contribution in [0.25, 0.3) is 0 Å². The monoisotopic (exact) mass is 309 g/mol. The predicted molar refractivity (Wildman–Crippen MR) is 94.7 cm³/mol. The average molecular weight is 309 g/mol. The maximum Gasteiger partial charge on any atom is 0.229 e. The van der Waals surface area contributed by atoms with Crippen LogP contribution in [0.1, 0.15) is 24.9 Å². The van der Waals surface area contributed by atoms with Gasteiger partial charge in [0.05, 0.1) is 11.4 Å². The molecule has 3 rings (SSSR count). The second-order valence-corrected chi connectivity index (χ2v) is 5.84. The van der Waals surface area contributed by atoms with Crippen LogP contribution in [0, 0.1) is 0 Å². The summed E-state index contributed by atoms with van der Waals surface area (Å²) in [6.45, 7) is 4.66. The fraction of sp³-hybridized carbons (Fsp3) is 0.316. The van der Waals surface area contributed by atoms with Gasteiger partial charge in [-0.25, -0.2) is 0 Å². The molecule has 0 fully saturated rings. The lowest BCUT2D eigenvalue weighted by atomic mass is 10.0. The van der Waals surface area contributed by atoms with Crippen molar-refractivity contribution in [3.63, 3.8) is 0 Å². The number of likely N-dealkylation sites (N-methyl/N-ethyl adjacent to an activating group) is 1. The zero-order valence-corrected chi connectivity index (χ0v) is 13.5. The van der Waals surface area contributed by atoms with E-state index in [1.54, 1.807) is 0 Å². The third kappa shape index (κ3) is 3.22. The highest BCUT2D eigenvalue weighted by atomic mass is 16.2. The van der Waals surface area contributed by atoms with Crippen molar-refractivity contribution in [1.82, 2.24) is 0 Å². The predicted octanol–water partition coefficient (Wildman–Crippen LogP) is 2.95. The summed E-state index contributed by atoms with van der Waals surface area (Å²) < 4.78 is 0. The summed E-state index contributed by atoms with van der Waals surface area (Å²) in [5, 5.41) is 0. The van der Waals surface area contributed by atoms with Gasteiger partial charge in [-0.15, -0.1) is 0 Å². The molecule has 2 aromatic carbocycles. The molecule has 1 unspecified atom stereocenters. The molecule has 23 heavy (non-hydrogen) atoms. The third-order valence-corrected chi connectivity index (χ3v) is 4.41. The first kappa shape index (κ1) is 15.6. The van der Waals surface area contributed by atoms with Crippen LogP contribution in [-0.4, -0.2) is 25.5 Å². The van der Waals surface area contributed by atoms with E-state index in [1.807, 2.05) is 53.4 Å². The first-order valence-corrected chi connectivity index (χ1v) is 8.15. The number of hydrogen-bond donors (Lipinski definition) is 1. The van der Waals surface area contributed by atoms with Crippen molar-refractivity contribution in [3.8, 4) is 0 Å². The molecule has 1 aliphatic rings. The van der Waals surface area contributed by atoms with E-state index in [4.69, 9.17) is 5.73 Å². The van der Waals surface area contributed by atoms with Gasteiger partial charge >= 0.3 is 0 Å². The van der Waals surface area contributed by atoms with Crippen LogP contribution in [0.5, 0.6) is 0 Å². The van der Waals surface area contributed by atoms with Gasteiger partial charge in [-0.05, 0) is 24.6 Å². The largest absolute Gasteiger partial charge is 0.368 e. The van der Waals surface area contributed by atoms with Gasteiger partial charge in [0, 0.05) is 32.1 Å². The Bertz CT molecular complexity index is 671. The second-order valence-electron chi connectivity index (χ2n) is 5.84. The standard InChI is InChI=1S/C19H23N3O/c1-2-21-12-13-22(18-11-7-6-10-17(18)21)19(23)14-16(20)15-8-4-3-5-9-15/h3-11,16H,2,12-14,20H2,1H3. The number of benzene rings is 2. The van der Waals surface area contributed by atoms with Gasteiger partial charge in [0.1, 0.15) is 0 Å². The lowest BCUT2D eigenvalue weighted by Gasteiger charge is -2.37. The van der Waals surface area contributed by atoms with Crippen LogP contribution in [0.15, 0.2) is 54.6 Å². The van der Waals surface area contributed by atoms with Crippen LogP contribution in [-0.2, 0) is 4.79 Å². The number of rotatable bonds is 4. The van der Waals surface area contributed by atoms with Gasteiger partial charge in [-0.1, -0.05) is 42.5 Å². The molecule has 1 amide bonds. The van der Waals surface area contributed by atoms with Crippen molar-refractivity contribution in [2.75, 3.05) is 29.4 Å². The Morgan fingerprint density at radius 3 is 2.39 bits per heavy atom. The first-order chi connectivity index (χ1) is 11.2. The Balaban J connectivity index is 1.78. The topological polar surface area (TPSA) is 49.6 Å². The molecule has 1 heterocycles. The lowest BCUT2D eigenvalue weighted by Crippen LogP contribution is -2.44. The van der Waals surface area contributed by atoms with E-state index in [2.05, 4.69) is 17.9 Å². The average Bonchev–Trinajstić information content (AvgIpc) is 2.61. The molecule has 0 radical (unpaired) electrons. The smallest absolute Gasteiger partial charge is 0.229 e. The lowest BCUT2D eigenvalue weighted by molar-refractivity contribution is -0.119. The Morgan fingerprint density at radius 2 is 1.70 bits per heavy atom. The summed E-state index contributed by atoms with van der Waals surface area (Å²) in [5.74, 6) is 0.0876. The molecule has 0 aromatic heterocycles. The van der Waals surface area contributed by atoms with E-state index in [9.17, 15) is 4.79 Å². The van der Waals surface area contributed by atoms with Crippen molar-refractivity contribution < 1.29 is 4.79 Å². The van der Waals surface area contributed by atoms with Crippen molar-refractivity contribution in [1.29, 1.82) is 0 Å². The minimum absolute atomic E-state index is 0.0876. The van der Waals surface area contributed by atoms with Gasteiger partial charge in [0.15, 0.2) is 0 Å². The summed E-state index contributed by atoms with van der Waals surface area (Å²) in [4.78, 5) is 16.9. The molecule has 2 N–H and O–H groups in total. The molecule has 0 spiro atoms. The SMILES string of the molecule is CCN1CCN(C(=O)CC(N)c2ccccc2)c2ccccc21. The molecular weight excluding hydrogens is 286 g/mol. The molecule has 0 aliphatic carbocycles. The van der Waals surface area contributed by atoms with Crippen LogP contribution in [0.4, 0.5) is 11.4 Å². The number of carbonyl (C=O) groups excluding carboxylic acids is 1. The van der Waals surface area contributed by atoms with Gasteiger partial charge in [-0.3, -0.25) is 4.79 Å². The van der Waals surface area contributed by atoms with E-state index in [0.29, 0.717) is 13.0 Å². The highest BCUT2D eigenvalue weighted by molar-refractivity contribution is 5.98. The van der Waals surface area contributed by atoms with Gasteiger partial charge in [-0.2, -0.15) is 0 Å². The number of para-hydroxylation sites is 2. The quantitative estimate of drug-likeness (QED) is 0.944. The van der Waals surface area contributed by atoms with Crippen LogP contribution >= 0.6 is 0 Å². The number of carbonyl (C=O) groups is 1. The Morgan fingerprint density at radius 1 is 1.04 bits per heavy atom. The van der Waals surface area contributed by atoms with Crippen LogP contribution in [0.3, 0.4) is 0 Å². The Labute approximate surface area is 137 Å². The van der Waals surface area contributed by atoms with E-state index in [0.717, 1.165) is 30.0 Å². The molecule has 2 aromatic rings. The number of nitrogens with zero attached hydrogens (tertiary/aromatic N) is 2. The fourth-order valence-electron chi connectivity index (χ4n) is 3.13. The number of anilines is 2. The minimum Gasteiger partial charge on any atom is -0.368 e. The summed E-state index contributed by atoms with van der Waals surface area (Å²) in [5.41, 5.74) is 9.34. The summed E-state index contributed by atoms with van der Waals surface area (Å²) in [6.07, 6.45) is 0.324.